The van der Waals surface area contributed by atoms with Gasteiger partial charge in [0, 0.05) is 13.1 Å². The molecule has 0 spiro atoms. The van der Waals surface area contributed by atoms with Gasteiger partial charge in [-0.05, 0) is 28.9 Å². The molecule has 0 radical (unpaired) electrons. The van der Waals surface area contributed by atoms with E-state index in [0.29, 0.717) is 0 Å². The Morgan fingerprint density at radius 3 is 3.27 bits per heavy atom. The van der Waals surface area contributed by atoms with Crippen molar-refractivity contribution >= 4 is 11.3 Å². The summed E-state index contributed by atoms with van der Waals surface area (Å²) in [4.78, 5) is 2.31. The van der Waals surface area contributed by atoms with E-state index in [-0.39, 0.29) is 6.10 Å². The molecule has 0 aliphatic carbocycles. The van der Waals surface area contributed by atoms with Crippen LogP contribution in [0.4, 0.5) is 0 Å². The zero-order chi connectivity index (χ0) is 10.7. The average molecular weight is 227 g/mol. The monoisotopic (exact) mass is 227 g/mol. The summed E-state index contributed by atoms with van der Waals surface area (Å²) in [7, 11) is 0. The van der Waals surface area contributed by atoms with Crippen LogP contribution in [0.25, 0.3) is 0 Å². The largest absolute Gasteiger partial charge is 0.386 e. The van der Waals surface area contributed by atoms with Crippen LogP contribution >= 0.6 is 11.3 Å². The van der Waals surface area contributed by atoms with Gasteiger partial charge in [-0.1, -0.05) is 6.92 Å². The topological polar surface area (TPSA) is 32.7 Å². The normalized spacial score (nSPS) is 25.3. The van der Waals surface area contributed by atoms with E-state index in [1.54, 1.807) is 11.3 Å². The van der Waals surface area contributed by atoms with Crippen LogP contribution in [0.1, 0.15) is 18.6 Å². The minimum absolute atomic E-state index is 0.0756. The van der Waals surface area contributed by atoms with E-state index in [4.69, 9.17) is 4.74 Å². The molecule has 1 aliphatic rings. The maximum Gasteiger partial charge on any atom is 0.107 e. The summed E-state index contributed by atoms with van der Waals surface area (Å²) in [6.07, 6.45) is -0.557. The zero-order valence-corrected chi connectivity index (χ0v) is 9.74. The van der Waals surface area contributed by atoms with Gasteiger partial charge in [-0.3, -0.25) is 4.90 Å². The van der Waals surface area contributed by atoms with Gasteiger partial charge >= 0.3 is 0 Å². The third-order valence-electron chi connectivity index (χ3n) is 2.86. The average Bonchev–Trinajstić information content (AvgIpc) is 2.81. The van der Waals surface area contributed by atoms with Crippen molar-refractivity contribution in [3.63, 3.8) is 0 Å². The second-order valence-electron chi connectivity index (χ2n) is 3.80. The lowest BCUT2D eigenvalue weighted by Crippen LogP contribution is -2.44. The van der Waals surface area contributed by atoms with E-state index in [2.05, 4.69) is 11.8 Å². The van der Waals surface area contributed by atoms with Crippen LogP contribution in [0.5, 0.6) is 0 Å². The fourth-order valence-corrected chi connectivity index (χ4v) is 2.56. The van der Waals surface area contributed by atoms with E-state index in [1.807, 2.05) is 16.8 Å². The van der Waals surface area contributed by atoms with E-state index >= 15 is 0 Å². The predicted octanol–water partition coefficient (Wildman–Crippen LogP) is 1.50. The van der Waals surface area contributed by atoms with Crippen molar-refractivity contribution in [2.45, 2.75) is 19.1 Å². The SMILES string of the molecule is CCN1CCOC(C(O)c2ccsc2)C1. The summed E-state index contributed by atoms with van der Waals surface area (Å²) in [6, 6.07) is 1.96. The van der Waals surface area contributed by atoms with Crippen molar-refractivity contribution in [1.29, 1.82) is 0 Å². The molecule has 0 saturated carbocycles. The molecule has 1 N–H and O–H groups in total. The van der Waals surface area contributed by atoms with Gasteiger partial charge in [-0.2, -0.15) is 11.3 Å². The number of hydrogen-bond acceptors (Lipinski definition) is 4. The summed E-state index contributed by atoms with van der Waals surface area (Å²) < 4.78 is 5.61. The van der Waals surface area contributed by atoms with Crippen molar-refractivity contribution in [3.8, 4) is 0 Å². The molecule has 1 aromatic heterocycles. The first-order valence-electron chi connectivity index (χ1n) is 5.35. The first kappa shape index (κ1) is 11.1. The van der Waals surface area contributed by atoms with Gasteiger partial charge in [-0.15, -0.1) is 0 Å². The minimum Gasteiger partial charge on any atom is -0.386 e. The van der Waals surface area contributed by atoms with Gasteiger partial charge in [0.2, 0.25) is 0 Å². The molecule has 4 heteroatoms. The molecule has 1 aromatic rings. The number of rotatable bonds is 3. The molecule has 84 valence electrons. The van der Waals surface area contributed by atoms with Gasteiger partial charge in [0.15, 0.2) is 0 Å². The minimum atomic E-state index is -0.481. The lowest BCUT2D eigenvalue weighted by molar-refractivity contribution is -0.0887. The molecule has 1 aliphatic heterocycles. The molecule has 1 saturated heterocycles. The third-order valence-corrected chi connectivity index (χ3v) is 3.56. The Morgan fingerprint density at radius 1 is 1.73 bits per heavy atom. The molecule has 0 aromatic carbocycles. The number of hydrogen-bond donors (Lipinski definition) is 1. The van der Waals surface area contributed by atoms with E-state index in [0.717, 1.165) is 31.8 Å². The van der Waals surface area contributed by atoms with Gasteiger partial charge < -0.3 is 9.84 Å². The fourth-order valence-electron chi connectivity index (χ4n) is 1.87. The summed E-state index contributed by atoms with van der Waals surface area (Å²) >= 11 is 1.61. The number of nitrogens with zero attached hydrogens (tertiary/aromatic N) is 1. The molecule has 0 bridgehead atoms. The van der Waals surface area contributed by atoms with Crippen LogP contribution in [0.2, 0.25) is 0 Å². The lowest BCUT2D eigenvalue weighted by atomic mass is 10.1. The third kappa shape index (κ3) is 2.58. The highest BCUT2D eigenvalue weighted by molar-refractivity contribution is 7.07. The fraction of sp³-hybridized carbons (Fsp3) is 0.636. The number of aliphatic hydroxyl groups is 1. The van der Waals surface area contributed by atoms with Crippen molar-refractivity contribution in [2.75, 3.05) is 26.2 Å². The molecule has 2 heterocycles. The lowest BCUT2D eigenvalue weighted by Gasteiger charge is -2.34. The molecule has 2 unspecified atom stereocenters. The molecule has 1 fully saturated rings. The quantitative estimate of drug-likeness (QED) is 0.849. The smallest absolute Gasteiger partial charge is 0.107 e. The molecule has 2 atom stereocenters. The second-order valence-corrected chi connectivity index (χ2v) is 4.58. The first-order chi connectivity index (χ1) is 7.31. The number of thiophene rings is 1. The standard InChI is InChI=1S/C11H17NO2S/c1-2-12-4-5-14-10(7-12)11(13)9-3-6-15-8-9/h3,6,8,10-11,13H,2,4-5,7H2,1H3. The Labute approximate surface area is 94.3 Å². The zero-order valence-electron chi connectivity index (χ0n) is 8.93. The van der Waals surface area contributed by atoms with Crippen LogP contribution in [0, 0.1) is 0 Å². The van der Waals surface area contributed by atoms with Gasteiger partial charge in [0.1, 0.15) is 12.2 Å². The maximum atomic E-state index is 10.1. The Bertz CT molecular complexity index is 289. The Kier molecular flexibility index (Phi) is 3.75. The maximum absolute atomic E-state index is 10.1. The van der Waals surface area contributed by atoms with Gasteiger partial charge in [-0.25, -0.2) is 0 Å². The van der Waals surface area contributed by atoms with E-state index < -0.39 is 6.10 Å². The van der Waals surface area contributed by atoms with Crippen LogP contribution < -0.4 is 0 Å². The van der Waals surface area contributed by atoms with Crippen LogP contribution in [0.3, 0.4) is 0 Å². The molecule has 3 nitrogen and oxygen atoms in total. The van der Waals surface area contributed by atoms with Crippen molar-refractivity contribution in [1.82, 2.24) is 4.90 Å². The molecular weight excluding hydrogens is 210 g/mol. The van der Waals surface area contributed by atoms with Crippen molar-refractivity contribution in [3.05, 3.63) is 22.4 Å². The Balaban J connectivity index is 1.98. The molecule has 0 amide bonds. The number of ether oxygens (including phenoxy) is 1. The van der Waals surface area contributed by atoms with E-state index in [1.165, 1.54) is 0 Å². The highest BCUT2D eigenvalue weighted by atomic mass is 32.1. The summed E-state index contributed by atoms with van der Waals surface area (Å²) in [5.41, 5.74) is 0.975. The van der Waals surface area contributed by atoms with Gasteiger partial charge in [0.05, 0.1) is 6.61 Å². The predicted molar refractivity (Wildman–Crippen MR) is 61.1 cm³/mol. The number of aliphatic hydroxyl groups excluding tert-OH is 1. The molecular formula is C11H17NO2S. The highest BCUT2D eigenvalue weighted by Crippen LogP contribution is 2.23. The number of morpholine rings is 1. The Morgan fingerprint density at radius 2 is 2.60 bits per heavy atom. The van der Waals surface area contributed by atoms with Gasteiger partial charge in [0.25, 0.3) is 0 Å². The summed E-state index contributed by atoms with van der Waals surface area (Å²) in [5, 5.41) is 14.1. The van der Waals surface area contributed by atoms with Crippen molar-refractivity contribution in [2.24, 2.45) is 0 Å². The molecule has 15 heavy (non-hydrogen) atoms. The first-order valence-corrected chi connectivity index (χ1v) is 6.29. The van der Waals surface area contributed by atoms with E-state index in [9.17, 15) is 5.11 Å². The highest BCUT2D eigenvalue weighted by Gasteiger charge is 2.27. The summed E-state index contributed by atoms with van der Waals surface area (Å²) in [6.45, 7) is 5.69. The number of likely N-dealkylation sites (N-methyl/N-ethyl adjacent to an activating group) is 1. The van der Waals surface area contributed by atoms with Crippen LogP contribution in [-0.2, 0) is 4.74 Å². The van der Waals surface area contributed by atoms with Crippen LogP contribution in [-0.4, -0.2) is 42.4 Å². The Hall–Kier alpha value is -0.420. The van der Waals surface area contributed by atoms with Crippen LogP contribution in [0.15, 0.2) is 16.8 Å². The summed E-state index contributed by atoms with van der Waals surface area (Å²) in [5.74, 6) is 0. The second kappa shape index (κ2) is 5.07. The van der Waals surface area contributed by atoms with Crippen molar-refractivity contribution < 1.29 is 9.84 Å². The molecule has 2 rings (SSSR count).